The largest absolute Gasteiger partial charge is 0.494 e. The van der Waals surface area contributed by atoms with Crippen LogP contribution in [0.1, 0.15) is 46.2 Å². The van der Waals surface area contributed by atoms with Crippen LogP contribution in [0.25, 0.3) is 5.69 Å². The molecule has 0 saturated heterocycles. The third-order valence-corrected chi connectivity index (χ3v) is 4.72. The minimum Gasteiger partial charge on any atom is -0.494 e. The van der Waals surface area contributed by atoms with Crippen LogP contribution in [0.15, 0.2) is 59.7 Å². The number of benzene rings is 2. The van der Waals surface area contributed by atoms with E-state index in [1.54, 1.807) is 30.5 Å². The summed E-state index contributed by atoms with van der Waals surface area (Å²) in [4.78, 5) is 12.3. The quantitative estimate of drug-likeness (QED) is 0.459. The highest BCUT2D eigenvalue weighted by Gasteiger charge is 2.10. The Kier molecular flexibility index (Phi) is 6.50. The van der Waals surface area contributed by atoms with Gasteiger partial charge in [-0.3, -0.25) is 4.79 Å². The second-order valence-corrected chi connectivity index (χ2v) is 7.07. The smallest absolute Gasteiger partial charge is 0.271 e. The molecule has 1 amide bonds. The maximum Gasteiger partial charge on any atom is 0.271 e. The average molecular weight is 389 g/mol. The van der Waals surface area contributed by atoms with E-state index < -0.39 is 0 Å². The van der Waals surface area contributed by atoms with Crippen molar-refractivity contribution >= 4 is 12.1 Å². The van der Waals surface area contributed by atoms with Crippen LogP contribution in [0.2, 0.25) is 0 Å². The SMILES string of the molecule is CCCOc1ccc(C(=O)N/N=C/c2cc(C)n(-c3ccc(C)cc3)c2C)cc1. The van der Waals surface area contributed by atoms with Crippen LogP contribution in [0, 0.1) is 20.8 Å². The molecule has 0 unspecified atom stereocenters. The van der Waals surface area contributed by atoms with Gasteiger partial charge in [0.05, 0.1) is 12.8 Å². The second-order valence-electron chi connectivity index (χ2n) is 7.07. The van der Waals surface area contributed by atoms with E-state index in [2.05, 4.69) is 66.2 Å². The zero-order valence-electron chi connectivity index (χ0n) is 17.4. The van der Waals surface area contributed by atoms with Gasteiger partial charge < -0.3 is 9.30 Å². The van der Waals surface area contributed by atoms with Crippen molar-refractivity contribution in [1.82, 2.24) is 9.99 Å². The summed E-state index contributed by atoms with van der Waals surface area (Å²) in [6.07, 6.45) is 2.63. The molecule has 3 rings (SSSR count). The van der Waals surface area contributed by atoms with Gasteiger partial charge in [0.15, 0.2) is 0 Å². The summed E-state index contributed by atoms with van der Waals surface area (Å²) in [7, 11) is 0. The van der Waals surface area contributed by atoms with Crippen LogP contribution in [0.5, 0.6) is 5.75 Å². The number of aromatic nitrogens is 1. The molecule has 0 aliphatic carbocycles. The molecule has 0 bridgehead atoms. The van der Waals surface area contributed by atoms with E-state index >= 15 is 0 Å². The van der Waals surface area contributed by atoms with E-state index in [0.29, 0.717) is 12.2 Å². The third-order valence-electron chi connectivity index (χ3n) is 4.72. The minimum absolute atomic E-state index is 0.254. The summed E-state index contributed by atoms with van der Waals surface area (Å²) in [6, 6.07) is 17.5. The van der Waals surface area contributed by atoms with E-state index in [4.69, 9.17) is 4.74 Å². The highest BCUT2D eigenvalue weighted by Crippen LogP contribution is 2.20. The number of rotatable bonds is 7. The summed E-state index contributed by atoms with van der Waals surface area (Å²) in [5, 5.41) is 4.14. The Morgan fingerprint density at radius 2 is 1.76 bits per heavy atom. The van der Waals surface area contributed by atoms with Crippen LogP contribution in [0.3, 0.4) is 0 Å². The number of carbonyl (C=O) groups is 1. The zero-order chi connectivity index (χ0) is 20.8. The molecule has 5 heteroatoms. The van der Waals surface area contributed by atoms with Gasteiger partial charge in [-0.15, -0.1) is 0 Å². The number of hydrogen-bond acceptors (Lipinski definition) is 3. The topological polar surface area (TPSA) is 55.6 Å². The second kappa shape index (κ2) is 9.24. The van der Waals surface area contributed by atoms with Crippen molar-refractivity contribution in [2.75, 3.05) is 6.61 Å². The van der Waals surface area contributed by atoms with Crippen molar-refractivity contribution < 1.29 is 9.53 Å². The normalized spacial score (nSPS) is 11.0. The zero-order valence-corrected chi connectivity index (χ0v) is 17.4. The highest BCUT2D eigenvalue weighted by atomic mass is 16.5. The molecule has 5 nitrogen and oxygen atoms in total. The van der Waals surface area contributed by atoms with Gasteiger partial charge in [-0.2, -0.15) is 5.10 Å². The summed E-state index contributed by atoms with van der Waals surface area (Å²) in [5.74, 6) is 0.506. The Bertz CT molecular complexity index is 1000. The number of hydrogen-bond donors (Lipinski definition) is 1. The molecule has 150 valence electrons. The van der Waals surface area contributed by atoms with Crippen LogP contribution in [-0.2, 0) is 0 Å². The Hall–Kier alpha value is -3.34. The summed E-state index contributed by atoms with van der Waals surface area (Å²) < 4.78 is 7.71. The van der Waals surface area contributed by atoms with Gasteiger partial charge >= 0.3 is 0 Å². The molecule has 2 aromatic carbocycles. The monoisotopic (exact) mass is 389 g/mol. The first kappa shape index (κ1) is 20.4. The number of nitrogens with one attached hydrogen (secondary N) is 1. The molecule has 1 N–H and O–H groups in total. The first-order valence-corrected chi connectivity index (χ1v) is 9.82. The molecule has 0 saturated carbocycles. The number of ether oxygens (including phenoxy) is 1. The Morgan fingerprint density at radius 3 is 2.41 bits per heavy atom. The van der Waals surface area contributed by atoms with Gasteiger partial charge in [-0.1, -0.05) is 24.6 Å². The summed E-state index contributed by atoms with van der Waals surface area (Å²) >= 11 is 0. The Labute approximate surface area is 172 Å². The molecule has 1 aromatic heterocycles. The van der Waals surface area contributed by atoms with Gasteiger partial charge in [0.25, 0.3) is 5.91 Å². The lowest BCUT2D eigenvalue weighted by molar-refractivity contribution is 0.0955. The summed E-state index contributed by atoms with van der Waals surface area (Å²) in [5.41, 5.74) is 8.62. The van der Waals surface area contributed by atoms with E-state index in [0.717, 1.165) is 34.8 Å². The van der Waals surface area contributed by atoms with Crippen molar-refractivity contribution in [1.29, 1.82) is 0 Å². The molecule has 0 radical (unpaired) electrons. The maximum absolute atomic E-state index is 12.3. The number of aryl methyl sites for hydroxylation is 2. The molecular weight excluding hydrogens is 362 g/mol. The van der Waals surface area contributed by atoms with Crippen molar-refractivity contribution in [3.8, 4) is 11.4 Å². The molecule has 0 aliphatic rings. The predicted molar refractivity (Wildman–Crippen MR) is 117 cm³/mol. The highest BCUT2D eigenvalue weighted by molar-refractivity contribution is 5.95. The van der Waals surface area contributed by atoms with Crippen LogP contribution in [0.4, 0.5) is 0 Å². The number of amides is 1. The summed E-state index contributed by atoms with van der Waals surface area (Å²) in [6.45, 7) is 8.90. The number of carbonyl (C=O) groups excluding carboxylic acids is 1. The molecule has 0 fully saturated rings. The Morgan fingerprint density at radius 1 is 1.07 bits per heavy atom. The molecular formula is C24H27N3O2. The molecule has 3 aromatic rings. The minimum atomic E-state index is -0.254. The lowest BCUT2D eigenvalue weighted by Gasteiger charge is -2.09. The molecule has 29 heavy (non-hydrogen) atoms. The standard InChI is InChI=1S/C24H27N3O2/c1-5-14-29-23-12-8-20(9-13-23)24(28)26-25-16-21-15-18(3)27(19(21)4)22-10-6-17(2)7-11-22/h6-13,15-16H,5,14H2,1-4H3,(H,26,28)/b25-16+. The number of hydrazone groups is 1. The molecule has 0 spiro atoms. The van der Waals surface area contributed by atoms with Gasteiger partial charge in [0, 0.05) is 28.2 Å². The maximum atomic E-state index is 12.3. The lowest BCUT2D eigenvalue weighted by Crippen LogP contribution is -2.17. The predicted octanol–water partition coefficient (Wildman–Crippen LogP) is 4.96. The van der Waals surface area contributed by atoms with Crippen LogP contribution in [-0.4, -0.2) is 23.3 Å². The van der Waals surface area contributed by atoms with Gasteiger partial charge in [-0.25, -0.2) is 5.43 Å². The van der Waals surface area contributed by atoms with E-state index in [9.17, 15) is 4.79 Å². The first-order chi connectivity index (χ1) is 14.0. The van der Waals surface area contributed by atoms with Crippen molar-refractivity contribution in [2.45, 2.75) is 34.1 Å². The molecule has 0 aliphatic heterocycles. The van der Waals surface area contributed by atoms with Crippen LogP contribution >= 0.6 is 0 Å². The molecule has 1 heterocycles. The third kappa shape index (κ3) is 4.93. The van der Waals surface area contributed by atoms with Crippen molar-refractivity contribution in [3.63, 3.8) is 0 Å². The van der Waals surface area contributed by atoms with Crippen molar-refractivity contribution in [3.05, 3.63) is 82.7 Å². The fourth-order valence-electron chi connectivity index (χ4n) is 3.16. The van der Waals surface area contributed by atoms with E-state index in [1.165, 1.54) is 5.56 Å². The van der Waals surface area contributed by atoms with Gasteiger partial charge in [0.2, 0.25) is 0 Å². The molecule has 0 atom stereocenters. The van der Waals surface area contributed by atoms with Gasteiger partial charge in [-0.05, 0) is 69.7 Å². The number of nitrogens with zero attached hydrogens (tertiary/aromatic N) is 2. The Balaban J connectivity index is 1.68. The first-order valence-electron chi connectivity index (χ1n) is 9.82. The van der Waals surface area contributed by atoms with E-state index in [1.807, 2.05) is 6.92 Å². The fourth-order valence-corrected chi connectivity index (χ4v) is 3.16. The fraction of sp³-hybridized carbons (Fsp3) is 0.250. The van der Waals surface area contributed by atoms with E-state index in [-0.39, 0.29) is 5.91 Å². The van der Waals surface area contributed by atoms with Crippen LogP contribution < -0.4 is 10.2 Å². The lowest BCUT2D eigenvalue weighted by atomic mass is 10.2. The average Bonchev–Trinajstić information content (AvgIpc) is 3.00. The van der Waals surface area contributed by atoms with Crippen molar-refractivity contribution in [2.24, 2.45) is 5.10 Å². The van der Waals surface area contributed by atoms with Gasteiger partial charge in [0.1, 0.15) is 5.75 Å².